The van der Waals surface area contributed by atoms with Gasteiger partial charge in [-0.3, -0.25) is 9.69 Å². The van der Waals surface area contributed by atoms with Gasteiger partial charge in [-0.2, -0.15) is 0 Å². The second-order valence-corrected chi connectivity index (χ2v) is 9.62. The number of nitrogens with one attached hydrogen (secondary N) is 1. The summed E-state index contributed by atoms with van der Waals surface area (Å²) in [4.78, 5) is 14.8. The Morgan fingerprint density at radius 1 is 1.06 bits per heavy atom. The minimum Gasteiger partial charge on any atom is -0.496 e. The van der Waals surface area contributed by atoms with Gasteiger partial charge >= 0.3 is 0 Å². The van der Waals surface area contributed by atoms with Gasteiger partial charge in [0.1, 0.15) is 23.8 Å². The number of rotatable bonds is 6. The van der Waals surface area contributed by atoms with E-state index in [0.717, 1.165) is 36.8 Å². The minimum atomic E-state index is -0.0805. The van der Waals surface area contributed by atoms with Crippen LogP contribution in [0.15, 0.2) is 36.0 Å². The zero-order valence-electron chi connectivity index (χ0n) is 18.0. The molecule has 5 nitrogen and oxygen atoms in total. The lowest BCUT2D eigenvalue weighted by molar-refractivity contribution is -0.124. The van der Waals surface area contributed by atoms with Gasteiger partial charge in [0, 0.05) is 17.7 Å². The number of halogens is 3. The van der Waals surface area contributed by atoms with Crippen molar-refractivity contribution in [2.45, 2.75) is 44.8 Å². The molecule has 174 valence electrons. The van der Waals surface area contributed by atoms with Gasteiger partial charge in [0.05, 0.1) is 22.2 Å². The number of nitrogens with zero attached hydrogens (tertiary/aromatic N) is 1. The number of ether oxygens (including phenoxy) is 2. The lowest BCUT2D eigenvalue weighted by Gasteiger charge is -2.29. The van der Waals surface area contributed by atoms with Crippen molar-refractivity contribution in [1.29, 1.82) is 0 Å². The molecular weight excluding hydrogens is 503 g/mol. The predicted molar refractivity (Wildman–Crippen MR) is 136 cm³/mol. The van der Waals surface area contributed by atoms with Crippen LogP contribution >= 0.6 is 47.0 Å². The SMILES string of the molecule is COc1ccc(/C=C2/NC(=S)N(C3CCCCC3)C2=O)cc1COc1cc(Cl)c(Cl)cc1Cl. The first-order valence-electron chi connectivity index (χ1n) is 10.7. The van der Waals surface area contributed by atoms with Gasteiger partial charge < -0.3 is 14.8 Å². The van der Waals surface area contributed by atoms with Crippen molar-refractivity contribution >= 4 is 64.1 Å². The molecule has 2 aromatic carbocycles. The third-order valence-electron chi connectivity index (χ3n) is 5.82. The van der Waals surface area contributed by atoms with Crippen molar-refractivity contribution in [3.05, 3.63) is 62.2 Å². The van der Waals surface area contributed by atoms with Gasteiger partial charge in [0.2, 0.25) is 0 Å². The van der Waals surface area contributed by atoms with E-state index >= 15 is 0 Å². The van der Waals surface area contributed by atoms with Crippen LogP contribution in [0.2, 0.25) is 15.1 Å². The summed E-state index contributed by atoms with van der Waals surface area (Å²) in [6, 6.07) is 8.90. The molecule has 2 fully saturated rings. The molecule has 0 spiro atoms. The largest absolute Gasteiger partial charge is 0.496 e. The molecule has 2 aliphatic rings. The van der Waals surface area contributed by atoms with Crippen LogP contribution in [0.3, 0.4) is 0 Å². The summed E-state index contributed by atoms with van der Waals surface area (Å²) < 4.78 is 11.3. The average molecular weight is 526 g/mol. The zero-order chi connectivity index (χ0) is 23.5. The summed E-state index contributed by atoms with van der Waals surface area (Å²) in [6.07, 6.45) is 7.24. The highest BCUT2D eigenvalue weighted by atomic mass is 35.5. The molecule has 1 saturated carbocycles. The van der Waals surface area contributed by atoms with E-state index in [1.807, 2.05) is 18.2 Å². The monoisotopic (exact) mass is 524 g/mol. The van der Waals surface area contributed by atoms with Gasteiger partial charge in [-0.15, -0.1) is 0 Å². The molecule has 0 radical (unpaired) electrons. The number of benzene rings is 2. The van der Waals surface area contributed by atoms with Crippen LogP contribution in [-0.4, -0.2) is 29.1 Å². The smallest absolute Gasteiger partial charge is 0.276 e. The Kier molecular flexibility index (Phi) is 7.69. The Hall–Kier alpha value is -1.99. The van der Waals surface area contributed by atoms with E-state index in [0.29, 0.717) is 37.4 Å². The third-order valence-corrected chi connectivity index (χ3v) is 7.14. The molecule has 33 heavy (non-hydrogen) atoms. The van der Waals surface area contributed by atoms with Crippen molar-refractivity contribution in [2.24, 2.45) is 0 Å². The van der Waals surface area contributed by atoms with Crippen LogP contribution in [0.5, 0.6) is 11.5 Å². The summed E-state index contributed by atoms with van der Waals surface area (Å²) in [5, 5.41) is 4.63. The first-order valence-corrected chi connectivity index (χ1v) is 12.2. The predicted octanol–water partition coefficient (Wildman–Crippen LogP) is 6.62. The number of methoxy groups -OCH3 is 1. The fourth-order valence-electron chi connectivity index (χ4n) is 4.16. The lowest BCUT2D eigenvalue weighted by atomic mass is 9.94. The fourth-order valence-corrected chi connectivity index (χ4v) is 5.09. The van der Waals surface area contributed by atoms with Crippen molar-refractivity contribution in [1.82, 2.24) is 10.2 Å². The van der Waals surface area contributed by atoms with E-state index in [2.05, 4.69) is 5.32 Å². The number of amides is 1. The maximum Gasteiger partial charge on any atom is 0.276 e. The van der Waals surface area contributed by atoms with Gasteiger partial charge in [-0.25, -0.2) is 0 Å². The summed E-state index contributed by atoms with van der Waals surface area (Å²) in [5.41, 5.74) is 2.07. The van der Waals surface area contributed by atoms with E-state index < -0.39 is 0 Å². The summed E-state index contributed by atoms with van der Waals surface area (Å²) >= 11 is 23.8. The first kappa shape index (κ1) is 24.1. The highest BCUT2D eigenvalue weighted by Gasteiger charge is 2.36. The van der Waals surface area contributed by atoms with E-state index in [1.165, 1.54) is 12.5 Å². The quantitative estimate of drug-likeness (QED) is 0.261. The molecule has 0 unspecified atom stereocenters. The Labute approximate surface area is 213 Å². The molecule has 1 N–H and O–H groups in total. The third kappa shape index (κ3) is 5.40. The molecule has 1 aliphatic carbocycles. The molecule has 1 saturated heterocycles. The maximum atomic E-state index is 13.1. The normalized spacial score (nSPS) is 18.1. The number of carbonyl (C=O) groups excluding carboxylic acids is 1. The Morgan fingerprint density at radius 3 is 2.52 bits per heavy atom. The highest BCUT2D eigenvalue weighted by molar-refractivity contribution is 7.80. The summed E-state index contributed by atoms with van der Waals surface area (Å²) in [7, 11) is 1.59. The molecular formula is C24H23Cl3N2O3S. The lowest BCUT2D eigenvalue weighted by Crippen LogP contribution is -2.41. The molecule has 2 aromatic rings. The number of hydrogen-bond donors (Lipinski definition) is 1. The van der Waals surface area contributed by atoms with Gasteiger partial charge in [0.25, 0.3) is 5.91 Å². The molecule has 9 heteroatoms. The fraction of sp³-hybridized carbons (Fsp3) is 0.333. The molecule has 0 aromatic heterocycles. The molecule has 1 heterocycles. The topological polar surface area (TPSA) is 50.8 Å². The van der Waals surface area contributed by atoms with Crippen LogP contribution in [0, 0.1) is 0 Å². The van der Waals surface area contributed by atoms with E-state index in [9.17, 15) is 4.79 Å². The highest BCUT2D eigenvalue weighted by Crippen LogP contribution is 2.35. The Morgan fingerprint density at radius 2 is 1.79 bits per heavy atom. The number of thiocarbonyl (C=S) groups is 1. The minimum absolute atomic E-state index is 0.0805. The summed E-state index contributed by atoms with van der Waals surface area (Å²) in [5.74, 6) is 0.986. The number of carbonyl (C=O) groups is 1. The second-order valence-electron chi connectivity index (χ2n) is 8.01. The van der Waals surface area contributed by atoms with Crippen LogP contribution in [0.4, 0.5) is 0 Å². The standard InChI is InChI=1S/C24H23Cl3N2O3S/c1-31-21-8-7-14(9-15(21)13-32-22-12-18(26)17(25)11-19(22)27)10-20-23(30)29(24(33)28-20)16-5-3-2-4-6-16/h7-12,16H,2-6,13H2,1H3,(H,28,33)/b20-10+. The van der Waals surface area contributed by atoms with Crippen LogP contribution in [0.1, 0.15) is 43.2 Å². The van der Waals surface area contributed by atoms with Crippen molar-refractivity contribution in [3.63, 3.8) is 0 Å². The molecule has 1 amide bonds. The average Bonchev–Trinajstić information content (AvgIpc) is 3.08. The van der Waals surface area contributed by atoms with E-state index in [1.54, 1.807) is 24.2 Å². The van der Waals surface area contributed by atoms with Crippen molar-refractivity contribution in [2.75, 3.05) is 7.11 Å². The maximum absolute atomic E-state index is 13.1. The van der Waals surface area contributed by atoms with Crippen LogP contribution < -0.4 is 14.8 Å². The van der Waals surface area contributed by atoms with E-state index in [4.69, 9.17) is 56.5 Å². The number of hydrogen-bond acceptors (Lipinski definition) is 4. The Balaban J connectivity index is 1.54. The van der Waals surface area contributed by atoms with Crippen LogP contribution in [0.25, 0.3) is 6.08 Å². The van der Waals surface area contributed by atoms with Crippen molar-refractivity contribution in [3.8, 4) is 11.5 Å². The zero-order valence-corrected chi connectivity index (χ0v) is 21.1. The van der Waals surface area contributed by atoms with E-state index in [-0.39, 0.29) is 18.6 Å². The van der Waals surface area contributed by atoms with Crippen LogP contribution in [-0.2, 0) is 11.4 Å². The second kappa shape index (κ2) is 10.5. The molecule has 1 aliphatic heterocycles. The first-order chi connectivity index (χ1) is 15.9. The molecule has 4 rings (SSSR count). The molecule has 0 bridgehead atoms. The van der Waals surface area contributed by atoms with Crippen molar-refractivity contribution < 1.29 is 14.3 Å². The van der Waals surface area contributed by atoms with Gasteiger partial charge in [0.15, 0.2) is 5.11 Å². The Bertz CT molecular complexity index is 1120. The summed E-state index contributed by atoms with van der Waals surface area (Å²) in [6.45, 7) is 0.186. The van der Waals surface area contributed by atoms with Gasteiger partial charge in [-0.05, 0) is 54.9 Å². The molecule has 0 atom stereocenters. The van der Waals surface area contributed by atoms with Gasteiger partial charge in [-0.1, -0.05) is 60.1 Å².